The first-order valence-corrected chi connectivity index (χ1v) is 10.9. The number of carbonyl (C=O) groups is 2. The van der Waals surface area contributed by atoms with Gasteiger partial charge in [-0.3, -0.25) is 10.2 Å². The molecule has 0 radical (unpaired) electrons. The van der Waals surface area contributed by atoms with Gasteiger partial charge in [0, 0.05) is 48.7 Å². The van der Waals surface area contributed by atoms with Gasteiger partial charge in [-0.15, -0.1) is 0 Å². The molecule has 156 valence electrons. The molecule has 0 unspecified atom stereocenters. The van der Waals surface area contributed by atoms with Gasteiger partial charge in [-0.1, -0.05) is 29.8 Å². The molecule has 1 saturated heterocycles. The number of rotatable bonds is 0. The first-order chi connectivity index (χ1) is 14.6. The summed E-state index contributed by atoms with van der Waals surface area (Å²) in [5.41, 5.74) is 3.21. The van der Waals surface area contributed by atoms with Crippen LogP contribution in [0.1, 0.15) is 36.8 Å². The minimum Gasteiger partial charge on any atom is -0.438 e. The molecular weight excluding hydrogens is 402 g/mol. The molecule has 2 aromatic rings. The minimum absolute atomic E-state index is 0.0175. The number of halogens is 1. The molecule has 30 heavy (non-hydrogen) atoms. The summed E-state index contributed by atoms with van der Waals surface area (Å²) >= 11 is 6.18. The number of piperidine rings is 1. The number of urea groups is 1. The summed E-state index contributed by atoms with van der Waals surface area (Å²) in [6.45, 7) is 1.79. The Morgan fingerprint density at radius 2 is 1.87 bits per heavy atom. The fraction of sp³-hybridized carbons (Fsp3) is 0.391. The molecule has 0 saturated carbocycles. The second-order valence-electron chi connectivity index (χ2n) is 8.21. The molecule has 0 atom stereocenters. The predicted octanol–water partition coefficient (Wildman–Crippen LogP) is 5.16. The number of anilines is 2. The van der Waals surface area contributed by atoms with Gasteiger partial charge in [-0.05, 0) is 49.1 Å². The molecule has 0 aliphatic carbocycles. The van der Waals surface area contributed by atoms with Gasteiger partial charge in [0.25, 0.3) is 0 Å². The van der Waals surface area contributed by atoms with Crippen LogP contribution in [0.15, 0.2) is 42.5 Å². The van der Waals surface area contributed by atoms with Crippen molar-refractivity contribution in [2.75, 3.05) is 29.9 Å². The van der Waals surface area contributed by atoms with Crippen molar-refractivity contribution in [2.45, 2.75) is 37.7 Å². The van der Waals surface area contributed by atoms with Gasteiger partial charge < -0.3 is 9.64 Å². The van der Waals surface area contributed by atoms with Crippen LogP contribution >= 0.6 is 11.6 Å². The Balaban J connectivity index is 1.37. The molecule has 0 aromatic heterocycles. The Morgan fingerprint density at radius 1 is 1.07 bits per heavy atom. The fourth-order valence-electron chi connectivity index (χ4n) is 4.88. The standard InChI is InChI=1S/C23H24ClN3O3/c24-17-8-9-20-16(15-17)5-3-4-12-27(20)22(29)26-13-10-23(11-14-26)18-6-1-2-7-19(18)25-21(28)30-23/h1-2,6-9,15H,3-5,10-14H2,(H,25,28). The molecule has 1 fully saturated rings. The first kappa shape index (κ1) is 19.2. The summed E-state index contributed by atoms with van der Waals surface area (Å²) in [5, 5.41) is 3.48. The molecule has 1 N–H and O–H groups in total. The van der Waals surface area contributed by atoms with E-state index in [1.54, 1.807) is 0 Å². The quantitative estimate of drug-likeness (QED) is 0.634. The lowest BCUT2D eigenvalue weighted by atomic mass is 9.82. The maximum atomic E-state index is 13.4. The molecule has 5 rings (SSSR count). The number of fused-ring (bicyclic) bond motifs is 3. The molecular formula is C23H24ClN3O3. The summed E-state index contributed by atoms with van der Waals surface area (Å²) in [6.07, 6.45) is 3.69. The number of nitrogens with one attached hydrogen (secondary N) is 1. The van der Waals surface area contributed by atoms with E-state index < -0.39 is 11.7 Å². The van der Waals surface area contributed by atoms with Crippen molar-refractivity contribution in [1.82, 2.24) is 4.90 Å². The van der Waals surface area contributed by atoms with Crippen molar-refractivity contribution in [1.29, 1.82) is 0 Å². The van der Waals surface area contributed by atoms with E-state index in [4.69, 9.17) is 16.3 Å². The van der Waals surface area contributed by atoms with Crippen LogP contribution < -0.4 is 10.2 Å². The van der Waals surface area contributed by atoms with Crippen molar-refractivity contribution < 1.29 is 14.3 Å². The van der Waals surface area contributed by atoms with E-state index in [9.17, 15) is 9.59 Å². The highest BCUT2D eigenvalue weighted by atomic mass is 35.5. The van der Waals surface area contributed by atoms with Crippen LogP contribution in [0.5, 0.6) is 0 Å². The van der Waals surface area contributed by atoms with E-state index in [1.165, 1.54) is 0 Å². The zero-order valence-corrected chi connectivity index (χ0v) is 17.5. The zero-order chi connectivity index (χ0) is 20.7. The van der Waals surface area contributed by atoms with Crippen LogP contribution in [-0.2, 0) is 16.8 Å². The van der Waals surface area contributed by atoms with Crippen LogP contribution in [-0.4, -0.2) is 36.7 Å². The van der Waals surface area contributed by atoms with E-state index >= 15 is 0 Å². The smallest absolute Gasteiger partial charge is 0.412 e. The third kappa shape index (κ3) is 3.29. The number of hydrogen-bond acceptors (Lipinski definition) is 3. The normalized spacial score (nSPS) is 20.0. The summed E-state index contributed by atoms with van der Waals surface area (Å²) in [5.74, 6) is 0. The summed E-state index contributed by atoms with van der Waals surface area (Å²) in [4.78, 5) is 29.3. The number of ether oxygens (including phenoxy) is 1. The Bertz CT molecular complexity index is 1000. The van der Waals surface area contributed by atoms with Gasteiger partial charge in [0.2, 0.25) is 0 Å². The molecule has 6 nitrogen and oxygen atoms in total. The van der Waals surface area contributed by atoms with Crippen molar-refractivity contribution in [3.05, 3.63) is 58.6 Å². The Hall–Kier alpha value is -2.73. The minimum atomic E-state index is -0.667. The Labute approximate surface area is 180 Å². The SMILES string of the molecule is O=C1Nc2ccccc2C2(CCN(C(=O)N3CCCCc4cc(Cl)ccc43)CC2)O1. The molecule has 0 bridgehead atoms. The predicted molar refractivity (Wildman–Crippen MR) is 116 cm³/mol. The molecule has 7 heteroatoms. The van der Waals surface area contributed by atoms with Gasteiger partial charge in [0.1, 0.15) is 5.60 Å². The first-order valence-electron chi connectivity index (χ1n) is 10.5. The lowest BCUT2D eigenvalue weighted by Crippen LogP contribution is -2.53. The van der Waals surface area contributed by atoms with Crippen LogP contribution in [0.4, 0.5) is 21.0 Å². The summed E-state index contributed by atoms with van der Waals surface area (Å²) < 4.78 is 5.79. The van der Waals surface area contributed by atoms with Gasteiger partial charge >= 0.3 is 12.1 Å². The number of aryl methyl sites for hydroxylation is 1. The second kappa shape index (κ2) is 7.51. The van der Waals surface area contributed by atoms with Crippen molar-refractivity contribution in [3.8, 4) is 0 Å². The maximum absolute atomic E-state index is 13.4. The number of para-hydroxylation sites is 1. The molecule has 1 spiro atoms. The third-order valence-corrected chi connectivity index (χ3v) is 6.66. The monoisotopic (exact) mass is 425 g/mol. The largest absolute Gasteiger partial charge is 0.438 e. The highest BCUT2D eigenvalue weighted by Crippen LogP contribution is 2.43. The average Bonchev–Trinajstić information content (AvgIpc) is 2.95. The Kier molecular flexibility index (Phi) is 4.82. The highest BCUT2D eigenvalue weighted by molar-refractivity contribution is 6.30. The topological polar surface area (TPSA) is 61.9 Å². The highest BCUT2D eigenvalue weighted by Gasteiger charge is 2.45. The third-order valence-electron chi connectivity index (χ3n) is 6.43. The maximum Gasteiger partial charge on any atom is 0.412 e. The fourth-order valence-corrected chi connectivity index (χ4v) is 5.08. The zero-order valence-electron chi connectivity index (χ0n) is 16.7. The van der Waals surface area contributed by atoms with Gasteiger partial charge in [0.15, 0.2) is 0 Å². The van der Waals surface area contributed by atoms with Gasteiger partial charge in [-0.2, -0.15) is 0 Å². The molecule has 2 aromatic carbocycles. The number of benzene rings is 2. The number of likely N-dealkylation sites (tertiary alicyclic amines) is 1. The van der Waals surface area contributed by atoms with Crippen molar-refractivity contribution in [2.24, 2.45) is 0 Å². The van der Waals surface area contributed by atoms with Crippen LogP contribution in [0.2, 0.25) is 5.02 Å². The summed E-state index contributed by atoms with van der Waals surface area (Å²) in [6, 6.07) is 13.6. The lowest BCUT2D eigenvalue weighted by Gasteiger charge is -2.45. The van der Waals surface area contributed by atoms with Gasteiger partial charge in [0.05, 0.1) is 5.69 Å². The Morgan fingerprint density at radius 3 is 2.70 bits per heavy atom. The number of carbonyl (C=O) groups excluding carboxylic acids is 2. The number of hydrogen-bond donors (Lipinski definition) is 1. The number of nitrogens with zero attached hydrogens (tertiary/aromatic N) is 2. The lowest BCUT2D eigenvalue weighted by molar-refractivity contribution is -0.0298. The molecule has 3 aliphatic rings. The van der Waals surface area contributed by atoms with Crippen LogP contribution in [0, 0.1) is 0 Å². The van der Waals surface area contributed by atoms with E-state index in [0.717, 1.165) is 41.8 Å². The van der Waals surface area contributed by atoms with Crippen LogP contribution in [0.25, 0.3) is 0 Å². The van der Waals surface area contributed by atoms with E-state index in [1.807, 2.05) is 52.3 Å². The van der Waals surface area contributed by atoms with E-state index in [2.05, 4.69) is 5.32 Å². The molecule has 3 amide bonds. The van der Waals surface area contributed by atoms with E-state index in [-0.39, 0.29) is 6.03 Å². The summed E-state index contributed by atoms with van der Waals surface area (Å²) in [7, 11) is 0. The number of amides is 3. The van der Waals surface area contributed by atoms with E-state index in [0.29, 0.717) is 37.5 Å². The van der Waals surface area contributed by atoms with Crippen molar-refractivity contribution in [3.63, 3.8) is 0 Å². The molecule has 3 heterocycles. The van der Waals surface area contributed by atoms with Crippen molar-refractivity contribution >= 4 is 35.1 Å². The molecule has 3 aliphatic heterocycles. The average molecular weight is 426 g/mol. The second-order valence-corrected chi connectivity index (χ2v) is 8.64. The van der Waals surface area contributed by atoms with Crippen LogP contribution in [0.3, 0.4) is 0 Å². The van der Waals surface area contributed by atoms with Gasteiger partial charge in [-0.25, -0.2) is 9.59 Å².